The van der Waals surface area contributed by atoms with Crippen LogP contribution in [-0.4, -0.2) is 0 Å². The van der Waals surface area contributed by atoms with Crippen LogP contribution in [0.5, 0.6) is 0 Å². The molecule has 0 spiro atoms. The molecule has 0 heterocycles. The van der Waals surface area contributed by atoms with Crippen LogP contribution in [0.4, 0.5) is 8.78 Å². The van der Waals surface area contributed by atoms with Crippen molar-refractivity contribution in [1.29, 1.82) is 5.26 Å². The lowest BCUT2D eigenvalue weighted by molar-refractivity contribution is 0.499. The number of nitrogens with zero attached hydrogens (tertiary/aromatic N) is 1. The molecular weight excluding hydrogens is 184 g/mol. The van der Waals surface area contributed by atoms with E-state index in [9.17, 15) is 8.78 Å². The van der Waals surface area contributed by atoms with Crippen LogP contribution in [0.1, 0.15) is 25.8 Å². The topological polar surface area (TPSA) is 23.8 Å². The molecule has 1 rings (SSSR count). The highest BCUT2D eigenvalue weighted by molar-refractivity contribution is 5.31. The predicted molar refractivity (Wildman–Crippen MR) is 49.6 cm³/mol. The van der Waals surface area contributed by atoms with Gasteiger partial charge in [0.2, 0.25) is 0 Å². The highest BCUT2D eigenvalue weighted by atomic mass is 19.2. The van der Waals surface area contributed by atoms with Gasteiger partial charge in [0.15, 0.2) is 11.6 Å². The van der Waals surface area contributed by atoms with Gasteiger partial charge in [0.05, 0.1) is 11.5 Å². The maximum Gasteiger partial charge on any atom is 0.159 e. The predicted octanol–water partition coefficient (Wildman–Crippen LogP) is 3.16. The van der Waals surface area contributed by atoms with Crippen LogP contribution in [0.15, 0.2) is 18.2 Å². The molecule has 0 aliphatic heterocycles. The van der Waals surface area contributed by atoms with Gasteiger partial charge < -0.3 is 0 Å². The van der Waals surface area contributed by atoms with Crippen molar-refractivity contribution in [3.63, 3.8) is 0 Å². The highest BCUT2D eigenvalue weighted by Gasteiger charge is 2.24. The first-order valence-electron chi connectivity index (χ1n) is 4.40. The van der Waals surface area contributed by atoms with E-state index in [1.807, 2.05) is 6.92 Å². The molecule has 14 heavy (non-hydrogen) atoms. The second-order valence-corrected chi connectivity index (χ2v) is 3.43. The number of hydrogen-bond acceptors (Lipinski definition) is 1. The summed E-state index contributed by atoms with van der Waals surface area (Å²) in [7, 11) is 0. The number of halogens is 2. The molecule has 1 atom stereocenters. The van der Waals surface area contributed by atoms with Crippen LogP contribution < -0.4 is 0 Å². The molecule has 0 saturated heterocycles. The van der Waals surface area contributed by atoms with Gasteiger partial charge in [-0.15, -0.1) is 0 Å². The van der Waals surface area contributed by atoms with Crippen LogP contribution in [0, 0.1) is 23.0 Å². The van der Waals surface area contributed by atoms with Gasteiger partial charge in [0.25, 0.3) is 0 Å². The first-order valence-corrected chi connectivity index (χ1v) is 4.40. The van der Waals surface area contributed by atoms with E-state index in [1.54, 1.807) is 6.92 Å². The lowest BCUT2D eigenvalue weighted by Crippen LogP contribution is -2.18. The Hall–Kier alpha value is -1.43. The number of benzene rings is 1. The van der Waals surface area contributed by atoms with Crippen LogP contribution in [0.2, 0.25) is 0 Å². The summed E-state index contributed by atoms with van der Waals surface area (Å²) in [6, 6.07) is 5.69. The summed E-state index contributed by atoms with van der Waals surface area (Å²) >= 11 is 0. The average molecular weight is 195 g/mol. The summed E-state index contributed by atoms with van der Waals surface area (Å²) in [5.41, 5.74) is -0.226. The fraction of sp³-hybridized carbons (Fsp3) is 0.364. The number of rotatable bonds is 2. The van der Waals surface area contributed by atoms with Gasteiger partial charge in [0, 0.05) is 0 Å². The molecule has 0 fully saturated rings. The minimum atomic E-state index is -0.905. The Morgan fingerprint density at radius 2 is 2.00 bits per heavy atom. The SMILES string of the molecule is CCC(C)(C#N)c1ccc(F)c(F)c1. The van der Waals surface area contributed by atoms with Gasteiger partial charge in [-0.1, -0.05) is 13.0 Å². The van der Waals surface area contributed by atoms with Crippen molar-refractivity contribution >= 4 is 0 Å². The monoisotopic (exact) mass is 195 g/mol. The Labute approximate surface area is 82.0 Å². The summed E-state index contributed by atoms with van der Waals surface area (Å²) in [4.78, 5) is 0. The van der Waals surface area contributed by atoms with Gasteiger partial charge >= 0.3 is 0 Å². The van der Waals surface area contributed by atoms with Crippen molar-refractivity contribution < 1.29 is 8.78 Å². The van der Waals surface area contributed by atoms with Crippen molar-refractivity contribution in [1.82, 2.24) is 0 Å². The summed E-state index contributed by atoms with van der Waals surface area (Å²) < 4.78 is 25.5. The van der Waals surface area contributed by atoms with Crippen molar-refractivity contribution in [2.75, 3.05) is 0 Å². The Morgan fingerprint density at radius 1 is 1.36 bits per heavy atom. The first kappa shape index (κ1) is 10.6. The normalized spacial score (nSPS) is 14.5. The average Bonchev–Trinajstić information content (AvgIpc) is 2.21. The molecule has 1 aromatic rings. The van der Waals surface area contributed by atoms with E-state index in [4.69, 9.17) is 5.26 Å². The molecule has 0 amide bonds. The molecule has 1 nitrogen and oxygen atoms in total. The molecule has 74 valence electrons. The third-order valence-corrected chi connectivity index (χ3v) is 2.51. The third-order valence-electron chi connectivity index (χ3n) is 2.51. The lowest BCUT2D eigenvalue weighted by atomic mass is 9.82. The maximum atomic E-state index is 12.9. The molecule has 0 aromatic heterocycles. The van der Waals surface area contributed by atoms with E-state index < -0.39 is 17.0 Å². The highest BCUT2D eigenvalue weighted by Crippen LogP contribution is 2.27. The fourth-order valence-corrected chi connectivity index (χ4v) is 1.19. The molecule has 3 heteroatoms. The van der Waals surface area contributed by atoms with Gasteiger partial charge in [-0.3, -0.25) is 0 Å². The first-order chi connectivity index (χ1) is 6.53. The summed E-state index contributed by atoms with van der Waals surface area (Å²) in [6.45, 7) is 3.55. The molecule has 0 bridgehead atoms. The smallest absolute Gasteiger partial charge is 0.159 e. The Kier molecular flexibility index (Phi) is 2.85. The van der Waals surface area contributed by atoms with Gasteiger partial charge in [-0.2, -0.15) is 5.26 Å². The van der Waals surface area contributed by atoms with Crippen LogP contribution in [0.3, 0.4) is 0 Å². The maximum absolute atomic E-state index is 12.9. The van der Waals surface area contributed by atoms with Gasteiger partial charge in [-0.25, -0.2) is 8.78 Å². The second-order valence-electron chi connectivity index (χ2n) is 3.43. The quantitative estimate of drug-likeness (QED) is 0.711. The number of nitriles is 1. The van der Waals surface area contributed by atoms with E-state index >= 15 is 0 Å². The van der Waals surface area contributed by atoms with Gasteiger partial charge in [-0.05, 0) is 31.0 Å². The fourth-order valence-electron chi connectivity index (χ4n) is 1.19. The van der Waals surface area contributed by atoms with Crippen LogP contribution >= 0.6 is 0 Å². The zero-order valence-electron chi connectivity index (χ0n) is 8.14. The number of hydrogen-bond donors (Lipinski definition) is 0. The molecule has 1 aromatic carbocycles. The third kappa shape index (κ3) is 1.74. The van der Waals surface area contributed by atoms with Crippen molar-refractivity contribution in [3.8, 4) is 6.07 Å². The summed E-state index contributed by atoms with van der Waals surface area (Å²) in [6.07, 6.45) is 0.564. The summed E-state index contributed by atoms with van der Waals surface area (Å²) in [5.74, 6) is -1.79. The van der Waals surface area contributed by atoms with Crippen molar-refractivity contribution in [2.24, 2.45) is 0 Å². The Morgan fingerprint density at radius 3 is 2.43 bits per heavy atom. The zero-order chi connectivity index (χ0) is 10.8. The molecule has 0 radical (unpaired) electrons. The molecule has 0 aliphatic rings. The Balaban J connectivity index is 3.21. The standard InChI is InChI=1S/C11H11F2N/c1-3-11(2,7-14)8-4-5-9(12)10(13)6-8/h4-6H,3H2,1-2H3. The van der Waals surface area contributed by atoms with Crippen LogP contribution in [0.25, 0.3) is 0 Å². The lowest BCUT2D eigenvalue weighted by Gasteiger charge is -2.19. The van der Waals surface area contributed by atoms with Crippen LogP contribution in [-0.2, 0) is 5.41 Å². The molecule has 0 aliphatic carbocycles. The largest absolute Gasteiger partial charge is 0.204 e. The van der Waals surface area contributed by atoms with E-state index in [1.165, 1.54) is 6.07 Å². The minimum absolute atomic E-state index is 0.515. The molecule has 0 saturated carbocycles. The van der Waals surface area contributed by atoms with E-state index in [-0.39, 0.29) is 0 Å². The van der Waals surface area contributed by atoms with E-state index in [0.29, 0.717) is 12.0 Å². The minimum Gasteiger partial charge on any atom is -0.204 e. The van der Waals surface area contributed by atoms with Crippen molar-refractivity contribution in [3.05, 3.63) is 35.4 Å². The van der Waals surface area contributed by atoms with Gasteiger partial charge in [0.1, 0.15) is 0 Å². The summed E-state index contributed by atoms with van der Waals surface area (Å²) in [5, 5.41) is 8.93. The Bertz CT molecular complexity index is 381. The molecular formula is C11H11F2N. The van der Waals surface area contributed by atoms with E-state index in [0.717, 1.165) is 12.1 Å². The molecule has 0 N–H and O–H groups in total. The van der Waals surface area contributed by atoms with Crippen molar-refractivity contribution in [2.45, 2.75) is 25.7 Å². The second kappa shape index (κ2) is 3.75. The van der Waals surface area contributed by atoms with E-state index in [2.05, 4.69) is 6.07 Å². The zero-order valence-corrected chi connectivity index (χ0v) is 8.14. The molecule has 1 unspecified atom stereocenters.